The lowest BCUT2D eigenvalue weighted by Crippen LogP contribution is -2.29. The minimum atomic E-state index is -0.875. The molecule has 1 N–H and O–H groups in total. The minimum absolute atomic E-state index is 0.0186. The van der Waals surface area contributed by atoms with Crippen molar-refractivity contribution < 1.29 is 19.1 Å². The number of benzene rings is 2. The first-order valence-corrected chi connectivity index (χ1v) is 9.45. The highest BCUT2D eigenvalue weighted by atomic mass is 35.5. The van der Waals surface area contributed by atoms with Crippen molar-refractivity contribution in [2.75, 3.05) is 4.90 Å². The fraction of sp³-hybridized carbons (Fsp3) is 0.130. The average molecular weight is 408 g/mol. The molecule has 0 saturated carbocycles. The van der Waals surface area contributed by atoms with E-state index in [4.69, 9.17) is 16.0 Å². The number of amides is 1. The van der Waals surface area contributed by atoms with E-state index in [9.17, 15) is 14.7 Å². The van der Waals surface area contributed by atoms with Gasteiger partial charge < -0.3 is 9.52 Å². The van der Waals surface area contributed by atoms with E-state index in [1.807, 2.05) is 19.1 Å². The van der Waals surface area contributed by atoms with Crippen LogP contribution in [0.2, 0.25) is 5.02 Å². The molecule has 1 aliphatic rings. The van der Waals surface area contributed by atoms with Gasteiger partial charge in [-0.2, -0.15) is 0 Å². The van der Waals surface area contributed by atoms with Gasteiger partial charge in [-0.15, -0.1) is 0 Å². The van der Waals surface area contributed by atoms with Crippen molar-refractivity contribution in [2.45, 2.75) is 19.9 Å². The Balaban J connectivity index is 1.96. The molecule has 29 heavy (non-hydrogen) atoms. The van der Waals surface area contributed by atoms with Crippen LogP contribution >= 0.6 is 11.6 Å². The number of carbonyl (C=O) groups is 2. The second-order valence-electron chi connectivity index (χ2n) is 6.91. The highest BCUT2D eigenvalue weighted by Gasteiger charge is 2.48. The van der Waals surface area contributed by atoms with Gasteiger partial charge in [0.05, 0.1) is 5.57 Å². The molecule has 1 fully saturated rings. The molecule has 5 nitrogen and oxygen atoms in total. The molecule has 1 unspecified atom stereocenters. The summed E-state index contributed by atoms with van der Waals surface area (Å²) in [5.41, 5.74) is 1.79. The zero-order chi connectivity index (χ0) is 20.7. The van der Waals surface area contributed by atoms with Gasteiger partial charge in [0.25, 0.3) is 11.7 Å². The van der Waals surface area contributed by atoms with E-state index in [1.54, 1.807) is 55.5 Å². The molecule has 2 heterocycles. The molecule has 0 spiro atoms. The van der Waals surface area contributed by atoms with Crippen molar-refractivity contribution in [3.05, 3.63) is 93.9 Å². The van der Waals surface area contributed by atoms with Crippen LogP contribution in [-0.2, 0) is 9.59 Å². The second kappa shape index (κ2) is 7.26. The SMILES string of the molecule is Cc1ccc(C2/C(=C(/O)c3ccc(Cl)cc3)C(=O)C(=O)N2c2ccccc2C)o1. The third-order valence-electron chi connectivity index (χ3n) is 4.97. The smallest absolute Gasteiger partial charge is 0.300 e. The molecular formula is C23H18ClNO4. The summed E-state index contributed by atoms with van der Waals surface area (Å²) >= 11 is 5.93. The first-order valence-electron chi connectivity index (χ1n) is 9.07. The van der Waals surface area contributed by atoms with Crippen LogP contribution in [-0.4, -0.2) is 16.8 Å². The first-order chi connectivity index (χ1) is 13.9. The van der Waals surface area contributed by atoms with Crippen molar-refractivity contribution in [3.8, 4) is 0 Å². The molecule has 0 bridgehead atoms. The molecule has 1 saturated heterocycles. The summed E-state index contributed by atoms with van der Waals surface area (Å²) in [6.45, 7) is 3.64. The number of hydrogen-bond acceptors (Lipinski definition) is 4. The van der Waals surface area contributed by atoms with Gasteiger partial charge in [-0.05, 0) is 61.9 Å². The number of carbonyl (C=O) groups excluding carboxylic acids is 2. The van der Waals surface area contributed by atoms with Gasteiger partial charge in [-0.25, -0.2) is 0 Å². The van der Waals surface area contributed by atoms with Crippen LogP contribution in [0.1, 0.15) is 28.7 Å². The zero-order valence-electron chi connectivity index (χ0n) is 15.8. The van der Waals surface area contributed by atoms with Crippen LogP contribution < -0.4 is 4.90 Å². The number of furan rings is 1. The van der Waals surface area contributed by atoms with Crippen molar-refractivity contribution >= 4 is 34.7 Å². The molecule has 0 radical (unpaired) electrons. The Morgan fingerprint density at radius 3 is 2.31 bits per heavy atom. The van der Waals surface area contributed by atoms with E-state index < -0.39 is 17.7 Å². The van der Waals surface area contributed by atoms with Gasteiger partial charge in [0, 0.05) is 16.3 Å². The number of para-hydroxylation sites is 1. The van der Waals surface area contributed by atoms with E-state index in [2.05, 4.69) is 0 Å². The molecule has 4 rings (SSSR count). The number of aliphatic hydroxyl groups excluding tert-OH is 1. The predicted molar refractivity (Wildman–Crippen MR) is 111 cm³/mol. The van der Waals surface area contributed by atoms with Crippen LogP contribution in [0, 0.1) is 13.8 Å². The largest absolute Gasteiger partial charge is 0.507 e. The van der Waals surface area contributed by atoms with Crippen molar-refractivity contribution in [1.29, 1.82) is 0 Å². The molecule has 146 valence electrons. The van der Waals surface area contributed by atoms with Gasteiger partial charge in [-0.1, -0.05) is 29.8 Å². The highest BCUT2D eigenvalue weighted by Crippen LogP contribution is 2.43. The summed E-state index contributed by atoms with van der Waals surface area (Å²) < 4.78 is 5.78. The van der Waals surface area contributed by atoms with Gasteiger partial charge in [0.1, 0.15) is 23.3 Å². The first kappa shape index (κ1) is 19.0. The fourth-order valence-corrected chi connectivity index (χ4v) is 3.67. The Kier molecular flexibility index (Phi) is 4.76. The van der Waals surface area contributed by atoms with Gasteiger partial charge in [0.2, 0.25) is 0 Å². The van der Waals surface area contributed by atoms with E-state index in [0.717, 1.165) is 5.56 Å². The third kappa shape index (κ3) is 3.23. The van der Waals surface area contributed by atoms with Crippen molar-refractivity contribution in [2.24, 2.45) is 0 Å². The number of nitrogens with zero attached hydrogens (tertiary/aromatic N) is 1. The lowest BCUT2D eigenvalue weighted by atomic mass is 9.99. The van der Waals surface area contributed by atoms with Gasteiger partial charge in [-0.3, -0.25) is 14.5 Å². The number of ketones is 1. The van der Waals surface area contributed by atoms with Gasteiger partial charge in [0.15, 0.2) is 0 Å². The Morgan fingerprint density at radius 2 is 1.69 bits per heavy atom. The topological polar surface area (TPSA) is 70.8 Å². The molecule has 1 amide bonds. The second-order valence-corrected chi connectivity index (χ2v) is 7.35. The molecule has 1 aliphatic heterocycles. The Bertz CT molecular complexity index is 1140. The number of halogens is 1. The highest BCUT2D eigenvalue weighted by molar-refractivity contribution is 6.51. The van der Waals surface area contributed by atoms with E-state index in [-0.39, 0.29) is 11.3 Å². The predicted octanol–water partition coefficient (Wildman–Crippen LogP) is 5.18. The summed E-state index contributed by atoms with van der Waals surface area (Å²) in [5.74, 6) is -0.703. The molecule has 1 atom stereocenters. The Hall–Kier alpha value is -3.31. The summed E-state index contributed by atoms with van der Waals surface area (Å²) in [6, 6.07) is 16.3. The van der Waals surface area contributed by atoms with Crippen LogP contribution in [0.15, 0.2) is 70.7 Å². The van der Waals surface area contributed by atoms with Gasteiger partial charge >= 0.3 is 0 Å². The maximum atomic E-state index is 13.0. The molecule has 2 aromatic carbocycles. The lowest BCUT2D eigenvalue weighted by Gasteiger charge is -2.24. The summed E-state index contributed by atoms with van der Waals surface area (Å²) in [7, 11) is 0. The number of aliphatic hydroxyl groups is 1. The van der Waals surface area contributed by atoms with E-state index in [1.165, 1.54) is 4.90 Å². The van der Waals surface area contributed by atoms with Crippen LogP contribution in [0.4, 0.5) is 5.69 Å². The monoisotopic (exact) mass is 407 g/mol. The molecule has 3 aromatic rings. The van der Waals surface area contributed by atoms with E-state index >= 15 is 0 Å². The number of hydrogen-bond donors (Lipinski definition) is 1. The van der Waals surface area contributed by atoms with Crippen LogP contribution in [0.3, 0.4) is 0 Å². The lowest BCUT2D eigenvalue weighted by molar-refractivity contribution is -0.132. The third-order valence-corrected chi connectivity index (χ3v) is 5.22. The quantitative estimate of drug-likeness (QED) is 0.369. The summed E-state index contributed by atoms with van der Waals surface area (Å²) in [5, 5.41) is 11.5. The minimum Gasteiger partial charge on any atom is -0.507 e. The summed E-state index contributed by atoms with van der Waals surface area (Å²) in [6.07, 6.45) is 0. The van der Waals surface area contributed by atoms with Crippen LogP contribution in [0.25, 0.3) is 5.76 Å². The Morgan fingerprint density at radius 1 is 1.00 bits per heavy atom. The van der Waals surface area contributed by atoms with E-state index in [0.29, 0.717) is 27.8 Å². The fourth-order valence-electron chi connectivity index (χ4n) is 3.55. The zero-order valence-corrected chi connectivity index (χ0v) is 16.6. The number of rotatable bonds is 3. The number of aryl methyl sites for hydroxylation is 2. The molecule has 0 aliphatic carbocycles. The maximum absolute atomic E-state index is 13.0. The molecule has 6 heteroatoms. The number of anilines is 1. The average Bonchev–Trinajstić information content (AvgIpc) is 3.24. The molecule has 1 aromatic heterocycles. The van der Waals surface area contributed by atoms with Crippen molar-refractivity contribution in [3.63, 3.8) is 0 Å². The Labute approximate surface area is 172 Å². The van der Waals surface area contributed by atoms with Crippen molar-refractivity contribution in [1.82, 2.24) is 0 Å². The van der Waals surface area contributed by atoms with Crippen LogP contribution in [0.5, 0.6) is 0 Å². The maximum Gasteiger partial charge on any atom is 0.300 e. The standard InChI is InChI=1S/C23H18ClNO4/c1-13-5-3-4-6-17(13)25-20(18-12-7-14(2)29-18)19(22(27)23(25)28)21(26)15-8-10-16(24)11-9-15/h3-12,20,26H,1-2H3/b21-19-. The number of Topliss-reactive ketones (excluding diaryl/α,β-unsaturated/α-hetero) is 1. The normalized spacial score (nSPS) is 18.4. The molecular weight excluding hydrogens is 390 g/mol. The summed E-state index contributed by atoms with van der Waals surface area (Å²) in [4.78, 5) is 27.4.